The molecular weight excluding hydrogens is 290 g/mol. The summed E-state index contributed by atoms with van der Waals surface area (Å²) in [6.07, 6.45) is 1.07. The van der Waals surface area contributed by atoms with Gasteiger partial charge in [-0.2, -0.15) is 0 Å². The summed E-state index contributed by atoms with van der Waals surface area (Å²) in [6, 6.07) is 1.13. The Hall–Kier alpha value is -1.30. The topological polar surface area (TPSA) is 68.8 Å². The minimum absolute atomic E-state index is 0.0253. The standard InChI is InChI=1S/C17H37N5O/c1-13(2)16(23)19-10-11-21-17(18-7)20-9-8-12-22(14(3)4)15(5)6/h13-15H,8-12H2,1-7H3,(H,19,23)(H2,18,20,21). The number of hydrogen-bond acceptors (Lipinski definition) is 3. The second-order valence-corrected chi connectivity index (χ2v) is 6.65. The monoisotopic (exact) mass is 327 g/mol. The molecular formula is C17H37N5O. The van der Waals surface area contributed by atoms with Gasteiger partial charge in [0, 0.05) is 51.2 Å². The Kier molecular flexibility index (Phi) is 11.5. The molecule has 6 heteroatoms. The average Bonchev–Trinajstić information content (AvgIpc) is 2.47. The lowest BCUT2D eigenvalue weighted by Gasteiger charge is -2.30. The molecule has 0 aromatic heterocycles. The van der Waals surface area contributed by atoms with E-state index in [2.05, 4.69) is 53.5 Å². The first-order valence-electron chi connectivity index (χ1n) is 8.77. The molecule has 0 aromatic carbocycles. The van der Waals surface area contributed by atoms with Crippen LogP contribution in [0.4, 0.5) is 0 Å². The van der Waals surface area contributed by atoms with Crippen LogP contribution in [0.5, 0.6) is 0 Å². The fraction of sp³-hybridized carbons (Fsp3) is 0.882. The minimum atomic E-state index is 0.0253. The molecule has 0 aliphatic rings. The van der Waals surface area contributed by atoms with Crippen LogP contribution in [-0.2, 0) is 4.79 Å². The Bertz CT molecular complexity index is 345. The van der Waals surface area contributed by atoms with E-state index in [0.29, 0.717) is 25.2 Å². The first-order valence-corrected chi connectivity index (χ1v) is 8.77. The van der Waals surface area contributed by atoms with E-state index >= 15 is 0 Å². The summed E-state index contributed by atoms with van der Waals surface area (Å²) < 4.78 is 0. The Morgan fingerprint density at radius 2 is 1.43 bits per heavy atom. The molecule has 136 valence electrons. The molecule has 0 fully saturated rings. The van der Waals surface area contributed by atoms with Crippen molar-refractivity contribution in [3.05, 3.63) is 0 Å². The van der Waals surface area contributed by atoms with Crippen molar-refractivity contribution < 1.29 is 4.79 Å². The van der Waals surface area contributed by atoms with Gasteiger partial charge >= 0.3 is 0 Å². The van der Waals surface area contributed by atoms with E-state index in [1.165, 1.54) is 0 Å². The van der Waals surface area contributed by atoms with Crippen LogP contribution in [-0.4, -0.2) is 62.1 Å². The molecule has 1 amide bonds. The van der Waals surface area contributed by atoms with E-state index in [4.69, 9.17) is 0 Å². The molecule has 23 heavy (non-hydrogen) atoms. The third-order valence-electron chi connectivity index (χ3n) is 3.68. The molecule has 0 saturated heterocycles. The maximum Gasteiger partial charge on any atom is 0.222 e. The molecule has 0 spiro atoms. The summed E-state index contributed by atoms with van der Waals surface area (Å²) in [6.45, 7) is 15.9. The van der Waals surface area contributed by atoms with Crippen molar-refractivity contribution in [3.8, 4) is 0 Å². The van der Waals surface area contributed by atoms with Crippen LogP contribution >= 0.6 is 0 Å². The van der Waals surface area contributed by atoms with Gasteiger partial charge in [0.1, 0.15) is 0 Å². The van der Waals surface area contributed by atoms with Crippen molar-refractivity contribution in [2.45, 2.75) is 60.0 Å². The predicted octanol–water partition coefficient (Wildman–Crippen LogP) is 1.43. The number of nitrogens with zero attached hydrogens (tertiary/aromatic N) is 2. The number of guanidine groups is 1. The van der Waals surface area contributed by atoms with Crippen LogP contribution in [0.3, 0.4) is 0 Å². The molecule has 0 heterocycles. The highest BCUT2D eigenvalue weighted by Gasteiger charge is 2.12. The zero-order chi connectivity index (χ0) is 17.8. The molecule has 0 saturated carbocycles. The Morgan fingerprint density at radius 1 is 0.913 bits per heavy atom. The van der Waals surface area contributed by atoms with E-state index in [-0.39, 0.29) is 11.8 Å². The van der Waals surface area contributed by atoms with E-state index in [0.717, 1.165) is 25.5 Å². The fourth-order valence-electron chi connectivity index (χ4n) is 2.37. The second-order valence-electron chi connectivity index (χ2n) is 6.65. The quantitative estimate of drug-likeness (QED) is 0.323. The molecule has 0 bridgehead atoms. The van der Waals surface area contributed by atoms with Gasteiger partial charge in [0.25, 0.3) is 0 Å². The lowest BCUT2D eigenvalue weighted by Crippen LogP contribution is -2.43. The highest BCUT2D eigenvalue weighted by Crippen LogP contribution is 2.05. The fourth-order valence-corrected chi connectivity index (χ4v) is 2.37. The molecule has 0 aliphatic carbocycles. The van der Waals surface area contributed by atoms with Gasteiger partial charge in [0.2, 0.25) is 5.91 Å². The molecule has 6 nitrogen and oxygen atoms in total. The number of rotatable bonds is 10. The van der Waals surface area contributed by atoms with Crippen molar-refractivity contribution in [1.29, 1.82) is 0 Å². The molecule has 0 atom stereocenters. The number of carbonyl (C=O) groups excluding carboxylic acids is 1. The van der Waals surface area contributed by atoms with E-state index in [1.54, 1.807) is 7.05 Å². The summed E-state index contributed by atoms with van der Waals surface area (Å²) in [7, 11) is 1.76. The Labute approximate surface area is 142 Å². The summed E-state index contributed by atoms with van der Waals surface area (Å²) in [5.41, 5.74) is 0. The van der Waals surface area contributed by atoms with Crippen LogP contribution in [0, 0.1) is 5.92 Å². The summed E-state index contributed by atoms with van der Waals surface area (Å²) in [5, 5.41) is 9.40. The Morgan fingerprint density at radius 3 is 1.91 bits per heavy atom. The average molecular weight is 328 g/mol. The van der Waals surface area contributed by atoms with E-state index < -0.39 is 0 Å². The van der Waals surface area contributed by atoms with Crippen LogP contribution in [0.2, 0.25) is 0 Å². The van der Waals surface area contributed by atoms with Crippen LogP contribution in [0.15, 0.2) is 4.99 Å². The zero-order valence-electron chi connectivity index (χ0n) is 16.1. The highest BCUT2D eigenvalue weighted by atomic mass is 16.1. The van der Waals surface area contributed by atoms with Crippen LogP contribution in [0.25, 0.3) is 0 Å². The third kappa shape index (κ3) is 10.2. The second kappa shape index (κ2) is 12.2. The zero-order valence-corrected chi connectivity index (χ0v) is 16.1. The lowest BCUT2D eigenvalue weighted by atomic mass is 10.2. The molecule has 0 aliphatic heterocycles. The number of amides is 1. The van der Waals surface area contributed by atoms with Crippen molar-refractivity contribution in [2.75, 3.05) is 33.2 Å². The van der Waals surface area contributed by atoms with Gasteiger partial charge in [-0.25, -0.2) is 0 Å². The smallest absolute Gasteiger partial charge is 0.222 e. The van der Waals surface area contributed by atoms with Gasteiger partial charge in [-0.3, -0.25) is 14.7 Å². The minimum Gasteiger partial charge on any atom is -0.356 e. The highest BCUT2D eigenvalue weighted by molar-refractivity contribution is 5.80. The van der Waals surface area contributed by atoms with Gasteiger partial charge in [0.05, 0.1) is 0 Å². The first kappa shape index (κ1) is 21.7. The maximum absolute atomic E-state index is 11.5. The predicted molar refractivity (Wildman–Crippen MR) is 98.8 cm³/mol. The van der Waals surface area contributed by atoms with Crippen LogP contribution < -0.4 is 16.0 Å². The SMILES string of the molecule is CN=C(NCCCN(C(C)C)C(C)C)NCCNC(=O)C(C)C. The van der Waals surface area contributed by atoms with Gasteiger partial charge in [0.15, 0.2) is 5.96 Å². The number of aliphatic imine (C=N–C) groups is 1. The summed E-state index contributed by atoms with van der Waals surface area (Å²) >= 11 is 0. The largest absolute Gasteiger partial charge is 0.356 e. The molecule has 0 radical (unpaired) electrons. The molecule has 3 N–H and O–H groups in total. The number of nitrogens with one attached hydrogen (secondary N) is 3. The normalized spacial score (nSPS) is 12.4. The lowest BCUT2D eigenvalue weighted by molar-refractivity contribution is -0.123. The van der Waals surface area contributed by atoms with E-state index in [1.807, 2.05) is 13.8 Å². The molecule has 0 aromatic rings. The maximum atomic E-state index is 11.5. The van der Waals surface area contributed by atoms with Crippen molar-refractivity contribution in [1.82, 2.24) is 20.9 Å². The molecule has 0 rings (SSSR count). The van der Waals surface area contributed by atoms with E-state index in [9.17, 15) is 4.79 Å². The third-order valence-corrected chi connectivity index (χ3v) is 3.68. The van der Waals surface area contributed by atoms with Gasteiger partial charge in [-0.1, -0.05) is 13.8 Å². The molecule has 0 unspecified atom stereocenters. The van der Waals surface area contributed by atoms with Crippen molar-refractivity contribution in [2.24, 2.45) is 10.9 Å². The Balaban J connectivity index is 3.89. The van der Waals surface area contributed by atoms with Crippen LogP contribution in [0.1, 0.15) is 48.0 Å². The van der Waals surface area contributed by atoms with Gasteiger partial charge in [-0.05, 0) is 34.1 Å². The first-order chi connectivity index (χ1) is 10.8. The van der Waals surface area contributed by atoms with Crippen molar-refractivity contribution in [3.63, 3.8) is 0 Å². The number of hydrogen-bond donors (Lipinski definition) is 3. The van der Waals surface area contributed by atoms with Gasteiger partial charge < -0.3 is 16.0 Å². The van der Waals surface area contributed by atoms with Gasteiger partial charge in [-0.15, -0.1) is 0 Å². The summed E-state index contributed by atoms with van der Waals surface area (Å²) in [4.78, 5) is 18.1. The number of carbonyl (C=O) groups is 1. The van der Waals surface area contributed by atoms with Crippen molar-refractivity contribution >= 4 is 11.9 Å². The summed E-state index contributed by atoms with van der Waals surface area (Å²) in [5.74, 6) is 0.888.